The molecule has 34 heavy (non-hydrogen) atoms. The van der Waals surface area contributed by atoms with Gasteiger partial charge in [-0.2, -0.15) is 10.1 Å². The molecule has 1 N–H and O–H groups in total. The third-order valence-corrected chi connectivity index (χ3v) is 6.08. The van der Waals surface area contributed by atoms with Gasteiger partial charge in [-0.05, 0) is 34.9 Å². The highest BCUT2D eigenvalue weighted by atomic mass is 16.5. The van der Waals surface area contributed by atoms with Gasteiger partial charge in [0.25, 0.3) is 11.8 Å². The Labute approximate surface area is 197 Å². The largest absolute Gasteiger partial charge is 0.378 e. The average molecular weight is 454 g/mol. The minimum absolute atomic E-state index is 0.104. The first-order valence-electron chi connectivity index (χ1n) is 11.3. The van der Waals surface area contributed by atoms with Gasteiger partial charge in [-0.3, -0.25) is 9.67 Å². The highest BCUT2D eigenvalue weighted by molar-refractivity contribution is 6.38. The van der Waals surface area contributed by atoms with E-state index >= 15 is 0 Å². The van der Waals surface area contributed by atoms with Crippen molar-refractivity contribution in [2.24, 2.45) is 15.1 Å². The molecule has 9 heteroatoms. The summed E-state index contributed by atoms with van der Waals surface area (Å²) in [6.45, 7) is 4.06. The normalized spacial score (nSPS) is 21.2. The number of nitrogens with one attached hydrogen (secondary N) is 1. The van der Waals surface area contributed by atoms with Crippen molar-refractivity contribution < 1.29 is 4.74 Å². The Kier molecular flexibility index (Phi) is 5.25. The first-order chi connectivity index (χ1) is 16.8. The smallest absolute Gasteiger partial charge is 0.287 e. The fraction of sp³-hybridized carbons (Fsp3) is 0.200. The van der Waals surface area contributed by atoms with E-state index in [4.69, 9.17) is 14.8 Å². The topological polar surface area (TPSA) is 79.4 Å². The standard InChI is InChI=1S/C25H25N8O/c1-2-4-20(5-3-1)18-32-19-23(16-27-32)33-13-10-26-17-24(33)29-25(30-33)28-21-6-8-22(9-7-21)31-11-14-34-15-12-31/h1-10,13,16-17,19H,11-12,14-15,18H2,(H,28,30)/q+1. The van der Waals surface area contributed by atoms with Crippen molar-refractivity contribution in [3.63, 3.8) is 0 Å². The molecule has 3 aliphatic rings. The van der Waals surface area contributed by atoms with Crippen LogP contribution in [0.25, 0.3) is 0 Å². The summed E-state index contributed by atoms with van der Waals surface area (Å²) < 4.78 is 7.47. The number of hydrogen-bond donors (Lipinski definition) is 1. The number of hydrogen-bond acceptors (Lipinski definition) is 7. The van der Waals surface area contributed by atoms with Crippen molar-refractivity contribution in [3.05, 3.63) is 85.0 Å². The van der Waals surface area contributed by atoms with E-state index in [1.165, 1.54) is 11.3 Å². The van der Waals surface area contributed by atoms with Crippen LogP contribution in [0.2, 0.25) is 0 Å². The Morgan fingerprint density at radius 3 is 2.65 bits per heavy atom. The van der Waals surface area contributed by atoms with Crippen LogP contribution in [0.15, 0.2) is 94.5 Å². The second-order valence-electron chi connectivity index (χ2n) is 8.31. The zero-order valence-electron chi connectivity index (χ0n) is 18.7. The van der Waals surface area contributed by atoms with Crippen LogP contribution < -0.4 is 14.8 Å². The van der Waals surface area contributed by atoms with Crippen molar-refractivity contribution in [3.8, 4) is 0 Å². The summed E-state index contributed by atoms with van der Waals surface area (Å²) in [5.41, 5.74) is 4.21. The molecule has 4 heterocycles. The predicted octanol–water partition coefficient (Wildman–Crippen LogP) is 3.43. The Hall–Kier alpha value is -4.08. The summed E-state index contributed by atoms with van der Waals surface area (Å²) in [4.78, 5) is 11.3. The highest BCUT2D eigenvalue weighted by Crippen LogP contribution is 2.31. The molecule has 1 fully saturated rings. The lowest BCUT2D eigenvalue weighted by Crippen LogP contribution is -2.44. The number of ether oxygens (including phenoxy) is 1. The summed E-state index contributed by atoms with van der Waals surface area (Å²) in [6.07, 6.45) is 9.26. The lowest BCUT2D eigenvalue weighted by Gasteiger charge is -2.28. The number of rotatable bonds is 5. The number of benzene rings is 2. The number of aliphatic imine (C=N–C) groups is 2. The zero-order valence-corrected chi connectivity index (χ0v) is 18.7. The molecule has 9 nitrogen and oxygen atoms in total. The quantitative estimate of drug-likeness (QED) is 0.601. The molecule has 1 saturated heterocycles. The van der Waals surface area contributed by atoms with Gasteiger partial charge in [-0.15, -0.1) is 0 Å². The number of guanidine groups is 1. The number of fused-ring (bicyclic) bond motifs is 1. The summed E-state index contributed by atoms with van der Waals surface area (Å²) in [6, 6.07) is 18.6. The maximum atomic E-state index is 5.45. The van der Waals surface area contributed by atoms with Gasteiger partial charge >= 0.3 is 0 Å². The van der Waals surface area contributed by atoms with Crippen LogP contribution in [0, 0.1) is 0 Å². The van der Waals surface area contributed by atoms with Gasteiger partial charge in [-0.1, -0.05) is 34.9 Å². The lowest BCUT2D eigenvalue weighted by atomic mass is 10.2. The van der Waals surface area contributed by atoms with Gasteiger partial charge in [0.15, 0.2) is 6.20 Å². The monoisotopic (exact) mass is 453 g/mol. The number of nitrogens with zero attached hydrogens (tertiary/aromatic N) is 7. The van der Waals surface area contributed by atoms with E-state index in [2.05, 4.69) is 56.7 Å². The molecule has 2 aromatic carbocycles. The number of aromatic nitrogens is 2. The van der Waals surface area contributed by atoms with Gasteiger partial charge in [0.1, 0.15) is 12.4 Å². The summed E-state index contributed by atoms with van der Waals surface area (Å²) in [7, 11) is 0. The first-order valence-corrected chi connectivity index (χ1v) is 11.3. The average Bonchev–Trinajstić information content (AvgIpc) is 3.51. The Morgan fingerprint density at radius 1 is 1.00 bits per heavy atom. The molecule has 0 saturated carbocycles. The Bertz CT molecular complexity index is 1290. The van der Waals surface area contributed by atoms with Crippen LogP contribution in [-0.2, 0) is 11.3 Å². The number of quaternary nitrogens is 1. The number of morpholine rings is 1. The fourth-order valence-corrected chi connectivity index (χ4v) is 4.30. The van der Waals surface area contributed by atoms with E-state index in [-0.39, 0.29) is 4.59 Å². The Balaban J connectivity index is 1.23. The van der Waals surface area contributed by atoms with Gasteiger partial charge < -0.3 is 15.0 Å². The molecule has 0 bridgehead atoms. The van der Waals surface area contributed by atoms with E-state index < -0.39 is 0 Å². The van der Waals surface area contributed by atoms with E-state index in [0.29, 0.717) is 18.3 Å². The molecule has 1 atom stereocenters. The van der Waals surface area contributed by atoms with Crippen molar-refractivity contribution in [1.29, 1.82) is 0 Å². The first kappa shape index (κ1) is 20.5. The third-order valence-electron chi connectivity index (χ3n) is 6.08. The molecular weight excluding hydrogens is 428 g/mol. The predicted molar refractivity (Wildman–Crippen MR) is 135 cm³/mol. The van der Waals surface area contributed by atoms with Crippen LogP contribution in [-0.4, -0.2) is 54.1 Å². The van der Waals surface area contributed by atoms with Crippen molar-refractivity contribution >= 4 is 35.1 Å². The van der Waals surface area contributed by atoms with Gasteiger partial charge in [0, 0.05) is 24.5 Å². The summed E-state index contributed by atoms with van der Waals surface area (Å²) in [5.74, 6) is 1.25. The van der Waals surface area contributed by atoms with Gasteiger partial charge in [0.05, 0.1) is 32.2 Å². The maximum absolute atomic E-state index is 5.45. The summed E-state index contributed by atoms with van der Waals surface area (Å²) >= 11 is 0. The number of anilines is 2. The maximum Gasteiger partial charge on any atom is 0.287 e. The minimum atomic E-state index is 0.104. The molecule has 0 radical (unpaired) electrons. The second-order valence-corrected chi connectivity index (χ2v) is 8.31. The highest BCUT2D eigenvalue weighted by Gasteiger charge is 2.43. The molecule has 1 unspecified atom stereocenters. The number of amidine groups is 1. The van der Waals surface area contributed by atoms with Gasteiger partial charge in [0.2, 0.25) is 5.69 Å². The second kappa shape index (κ2) is 8.69. The minimum Gasteiger partial charge on any atom is -0.378 e. The van der Waals surface area contributed by atoms with E-state index in [1.807, 2.05) is 41.5 Å². The molecule has 3 aromatic rings. The molecule has 6 rings (SSSR count). The van der Waals surface area contributed by atoms with Crippen molar-refractivity contribution in [2.75, 3.05) is 36.5 Å². The molecule has 0 spiro atoms. The third kappa shape index (κ3) is 3.91. The zero-order chi connectivity index (χ0) is 22.8. The summed E-state index contributed by atoms with van der Waals surface area (Å²) in [5, 5.41) is 12.8. The van der Waals surface area contributed by atoms with E-state index in [1.54, 1.807) is 12.4 Å². The molecule has 0 amide bonds. The van der Waals surface area contributed by atoms with Crippen LogP contribution in [0.3, 0.4) is 0 Å². The Morgan fingerprint density at radius 2 is 1.82 bits per heavy atom. The van der Waals surface area contributed by atoms with Gasteiger partial charge in [-0.25, -0.2) is 0 Å². The van der Waals surface area contributed by atoms with E-state index in [9.17, 15) is 0 Å². The van der Waals surface area contributed by atoms with Crippen molar-refractivity contribution in [1.82, 2.24) is 14.4 Å². The molecular formula is C25H25N8O+. The van der Waals surface area contributed by atoms with E-state index in [0.717, 1.165) is 37.7 Å². The van der Waals surface area contributed by atoms with Crippen LogP contribution in [0.4, 0.5) is 17.1 Å². The molecule has 0 aliphatic carbocycles. The molecule has 1 aromatic heterocycles. The fourth-order valence-electron chi connectivity index (χ4n) is 4.30. The lowest BCUT2D eigenvalue weighted by molar-refractivity contribution is 0.122. The molecule has 170 valence electrons. The van der Waals surface area contributed by atoms with Crippen LogP contribution in [0.5, 0.6) is 0 Å². The van der Waals surface area contributed by atoms with Crippen LogP contribution >= 0.6 is 0 Å². The molecule has 3 aliphatic heterocycles. The SMILES string of the molecule is C1=C[N+]2(c3cnn(Cc4ccccc4)c3)N=C(Nc3ccc(N4CCOCC4)cc3)N=C2C=N1. The van der Waals surface area contributed by atoms with Crippen molar-refractivity contribution in [2.45, 2.75) is 6.54 Å². The van der Waals surface area contributed by atoms with Crippen LogP contribution in [0.1, 0.15) is 5.56 Å².